The van der Waals surface area contributed by atoms with Crippen LogP contribution in [0.5, 0.6) is 0 Å². The first-order valence-electron chi connectivity index (χ1n) is 8.55. The van der Waals surface area contributed by atoms with Gasteiger partial charge >= 0.3 is 12.0 Å². The molecule has 1 atom stereocenters. The Hall–Kier alpha value is -2.51. The molecule has 3 amide bonds. The Morgan fingerprint density at radius 1 is 1.14 bits per heavy atom. The highest BCUT2D eigenvalue weighted by Gasteiger charge is 2.27. The zero-order valence-corrected chi connectivity index (χ0v) is 17.0. The molecule has 0 aliphatic rings. The molecule has 0 bridgehead atoms. The van der Waals surface area contributed by atoms with Crippen LogP contribution < -0.4 is 11.1 Å². The number of primary amides is 1. The number of ether oxygens (including phenoxy) is 1. The largest absolute Gasteiger partial charge is 0.448 e. The van der Waals surface area contributed by atoms with Crippen LogP contribution in [0.2, 0.25) is 5.02 Å². The molecule has 0 aliphatic carbocycles. The van der Waals surface area contributed by atoms with E-state index < -0.39 is 24.0 Å². The van der Waals surface area contributed by atoms with Gasteiger partial charge in [0, 0.05) is 15.7 Å². The van der Waals surface area contributed by atoms with Crippen molar-refractivity contribution in [1.29, 1.82) is 0 Å². The summed E-state index contributed by atoms with van der Waals surface area (Å²) >= 11 is 7.49. The van der Waals surface area contributed by atoms with Gasteiger partial charge in [0.05, 0.1) is 5.56 Å². The molecule has 0 radical (unpaired) electrons. The lowest BCUT2D eigenvalue weighted by Gasteiger charge is -2.20. The molecule has 2 aromatic rings. The molecule has 2 rings (SSSR count). The van der Waals surface area contributed by atoms with E-state index in [1.807, 2.05) is 35.6 Å². The molecule has 0 aromatic heterocycles. The number of hydrogen-bond donors (Lipinski definition) is 2. The summed E-state index contributed by atoms with van der Waals surface area (Å²) in [6.07, 6.45) is -1.12. The van der Waals surface area contributed by atoms with E-state index in [4.69, 9.17) is 22.1 Å². The van der Waals surface area contributed by atoms with Crippen molar-refractivity contribution in [3.63, 3.8) is 0 Å². The first-order chi connectivity index (χ1) is 13.3. The fourth-order valence-electron chi connectivity index (χ4n) is 2.35. The van der Waals surface area contributed by atoms with Gasteiger partial charge < -0.3 is 10.5 Å². The van der Waals surface area contributed by atoms with E-state index in [0.29, 0.717) is 16.3 Å². The molecule has 0 fully saturated rings. The number of imide groups is 1. The van der Waals surface area contributed by atoms with E-state index >= 15 is 0 Å². The van der Waals surface area contributed by atoms with Crippen LogP contribution in [0.4, 0.5) is 4.79 Å². The number of halogens is 1. The monoisotopic (exact) mass is 420 g/mol. The Balaban J connectivity index is 2.04. The van der Waals surface area contributed by atoms with Crippen LogP contribution in [0.3, 0.4) is 0 Å². The van der Waals surface area contributed by atoms with Crippen LogP contribution in [0.1, 0.15) is 29.8 Å². The molecule has 0 saturated heterocycles. The van der Waals surface area contributed by atoms with Gasteiger partial charge in [-0.05, 0) is 47.9 Å². The maximum atomic E-state index is 12.5. The number of nitrogens with two attached hydrogens (primary N) is 1. The second-order valence-electron chi connectivity index (χ2n) is 6.37. The van der Waals surface area contributed by atoms with Gasteiger partial charge in [0.1, 0.15) is 0 Å². The van der Waals surface area contributed by atoms with Gasteiger partial charge in [-0.1, -0.05) is 37.6 Å². The molecule has 148 valence electrons. The highest BCUT2D eigenvalue weighted by Crippen LogP contribution is 2.25. The number of carbonyl (C=O) groups excluding carboxylic acids is 3. The SMILES string of the molecule is CC(C)[C@@H](OC(=O)c1cccc(CSc2ccc(Cl)cc2)c1)C(=O)NC(N)=O. The van der Waals surface area contributed by atoms with Crippen molar-refractivity contribution in [3.05, 3.63) is 64.7 Å². The van der Waals surface area contributed by atoms with Crippen molar-refractivity contribution >= 4 is 41.3 Å². The van der Waals surface area contributed by atoms with Gasteiger partial charge in [-0.25, -0.2) is 9.59 Å². The van der Waals surface area contributed by atoms with Gasteiger partial charge in [0.15, 0.2) is 6.10 Å². The molecule has 2 aromatic carbocycles. The normalized spacial score (nSPS) is 11.7. The standard InChI is InChI=1S/C20H21ClN2O4S/c1-12(2)17(18(24)23-20(22)26)27-19(25)14-5-3-4-13(10-14)11-28-16-8-6-15(21)7-9-16/h3-10,12,17H,11H2,1-2H3,(H3,22,23,24,26)/t17-/m1/s1. The Labute approximate surface area is 172 Å². The Kier molecular flexibility index (Phi) is 7.90. The molecule has 0 aliphatic heterocycles. The number of esters is 1. The zero-order chi connectivity index (χ0) is 20.7. The molecular weight excluding hydrogens is 400 g/mol. The average molecular weight is 421 g/mol. The Bertz CT molecular complexity index is 856. The number of hydrogen-bond acceptors (Lipinski definition) is 5. The van der Waals surface area contributed by atoms with E-state index in [1.54, 1.807) is 43.8 Å². The number of benzene rings is 2. The number of carbonyl (C=O) groups is 3. The zero-order valence-electron chi connectivity index (χ0n) is 15.5. The number of thioether (sulfide) groups is 1. The second kappa shape index (κ2) is 10.1. The molecular formula is C20H21ClN2O4S. The van der Waals surface area contributed by atoms with Crippen molar-refractivity contribution in [1.82, 2.24) is 5.32 Å². The maximum absolute atomic E-state index is 12.5. The second-order valence-corrected chi connectivity index (χ2v) is 7.85. The summed E-state index contributed by atoms with van der Waals surface area (Å²) in [7, 11) is 0. The molecule has 28 heavy (non-hydrogen) atoms. The third-order valence-corrected chi connectivity index (χ3v) is 5.06. The summed E-state index contributed by atoms with van der Waals surface area (Å²) in [5, 5.41) is 2.62. The van der Waals surface area contributed by atoms with Gasteiger partial charge in [0.25, 0.3) is 5.91 Å². The third-order valence-electron chi connectivity index (χ3n) is 3.73. The topological polar surface area (TPSA) is 98.5 Å². The summed E-state index contributed by atoms with van der Waals surface area (Å²) in [6.45, 7) is 3.41. The summed E-state index contributed by atoms with van der Waals surface area (Å²) in [6, 6.07) is 13.5. The fourth-order valence-corrected chi connectivity index (χ4v) is 3.32. The van der Waals surface area contributed by atoms with Crippen LogP contribution in [-0.2, 0) is 15.3 Å². The van der Waals surface area contributed by atoms with Gasteiger partial charge in [-0.2, -0.15) is 0 Å². The van der Waals surface area contributed by atoms with Crippen LogP contribution in [-0.4, -0.2) is 24.0 Å². The van der Waals surface area contributed by atoms with Crippen LogP contribution in [0.25, 0.3) is 0 Å². The molecule has 0 unspecified atom stereocenters. The smallest absolute Gasteiger partial charge is 0.338 e. The molecule has 8 heteroatoms. The number of rotatable bonds is 7. The highest BCUT2D eigenvalue weighted by molar-refractivity contribution is 7.98. The van der Waals surface area contributed by atoms with Gasteiger partial charge in [0.2, 0.25) is 0 Å². The number of urea groups is 1. The number of amides is 3. The first-order valence-corrected chi connectivity index (χ1v) is 9.91. The van der Waals surface area contributed by atoms with Crippen molar-refractivity contribution < 1.29 is 19.1 Å². The van der Waals surface area contributed by atoms with E-state index in [2.05, 4.69) is 0 Å². The molecule has 3 N–H and O–H groups in total. The summed E-state index contributed by atoms with van der Waals surface area (Å²) in [4.78, 5) is 36.4. The van der Waals surface area contributed by atoms with Crippen molar-refractivity contribution in [2.45, 2.75) is 30.6 Å². The van der Waals surface area contributed by atoms with E-state index in [-0.39, 0.29) is 5.92 Å². The van der Waals surface area contributed by atoms with E-state index in [1.165, 1.54) is 0 Å². The van der Waals surface area contributed by atoms with Gasteiger partial charge in [-0.3, -0.25) is 10.1 Å². The van der Waals surface area contributed by atoms with Crippen LogP contribution in [0.15, 0.2) is 53.4 Å². The molecule has 0 heterocycles. The first kappa shape index (κ1) is 21.8. The lowest BCUT2D eigenvalue weighted by Crippen LogP contribution is -2.45. The summed E-state index contributed by atoms with van der Waals surface area (Å²) < 4.78 is 5.31. The highest BCUT2D eigenvalue weighted by atomic mass is 35.5. The van der Waals surface area contributed by atoms with Crippen molar-refractivity contribution in [2.75, 3.05) is 0 Å². The lowest BCUT2D eigenvalue weighted by atomic mass is 10.1. The Morgan fingerprint density at radius 3 is 2.43 bits per heavy atom. The van der Waals surface area contributed by atoms with E-state index in [9.17, 15) is 14.4 Å². The number of nitrogens with one attached hydrogen (secondary N) is 1. The van der Waals surface area contributed by atoms with Crippen molar-refractivity contribution in [3.8, 4) is 0 Å². The van der Waals surface area contributed by atoms with Gasteiger partial charge in [-0.15, -0.1) is 11.8 Å². The maximum Gasteiger partial charge on any atom is 0.338 e. The summed E-state index contributed by atoms with van der Waals surface area (Å²) in [5.74, 6) is -1.06. The van der Waals surface area contributed by atoms with Crippen LogP contribution >= 0.6 is 23.4 Å². The minimum absolute atomic E-state index is 0.326. The fraction of sp³-hybridized carbons (Fsp3) is 0.250. The minimum Gasteiger partial charge on any atom is -0.448 e. The summed E-state index contributed by atoms with van der Waals surface area (Å²) in [5.41, 5.74) is 6.22. The van der Waals surface area contributed by atoms with Crippen molar-refractivity contribution in [2.24, 2.45) is 11.7 Å². The quantitative estimate of drug-likeness (QED) is 0.520. The predicted molar refractivity (Wildman–Crippen MR) is 109 cm³/mol. The molecule has 0 spiro atoms. The Morgan fingerprint density at radius 2 is 1.82 bits per heavy atom. The predicted octanol–water partition coefficient (Wildman–Crippen LogP) is 4.01. The van der Waals surface area contributed by atoms with Crippen LogP contribution in [0, 0.1) is 5.92 Å². The molecule has 0 saturated carbocycles. The minimum atomic E-state index is -1.12. The lowest BCUT2D eigenvalue weighted by molar-refractivity contribution is -0.130. The van der Waals surface area contributed by atoms with E-state index in [0.717, 1.165) is 10.5 Å². The third kappa shape index (κ3) is 6.58. The average Bonchev–Trinajstić information content (AvgIpc) is 2.64. The molecule has 6 nitrogen and oxygen atoms in total.